The van der Waals surface area contributed by atoms with Crippen molar-refractivity contribution >= 4 is 13.7 Å². The molecule has 8 nitrogen and oxygen atoms in total. The molecular formula is C47H94N2O6P+. The lowest BCUT2D eigenvalue weighted by atomic mass is 10.0. The number of hydrogen-bond acceptors (Lipinski definition) is 5. The summed E-state index contributed by atoms with van der Waals surface area (Å²) in [6, 6.07) is -0.845. The number of carbonyl (C=O) groups is 1. The summed E-state index contributed by atoms with van der Waals surface area (Å²) in [7, 11) is 1.57. The number of phosphoric ester groups is 1. The Morgan fingerprint density at radius 1 is 0.589 bits per heavy atom. The molecule has 0 aromatic heterocycles. The third kappa shape index (κ3) is 41.2. The van der Waals surface area contributed by atoms with Crippen molar-refractivity contribution < 1.29 is 32.9 Å². The molecule has 0 spiro atoms. The minimum absolute atomic E-state index is 0.0619. The summed E-state index contributed by atoms with van der Waals surface area (Å²) >= 11 is 0. The lowest BCUT2D eigenvalue weighted by Crippen LogP contribution is -2.45. The molecule has 1 amide bonds. The van der Waals surface area contributed by atoms with E-state index in [2.05, 4.69) is 31.3 Å². The van der Waals surface area contributed by atoms with Crippen LogP contribution in [0.2, 0.25) is 0 Å². The molecule has 0 fully saturated rings. The van der Waals surface area contributed by atoms with E-state index in [-0.39, 0.29) is 19.1 Å². The van der Waals surface area contributed by atoms with Gasteiger partial charge in [-0.05, 0) is 44.9 Å². The van der Waals surface area contributed by atoms with E-state index in [0.29, 0.717) is 17.4 Å². The highest BCUT2D eigenvalue weighted by Crippen LogP contribution is 2.43. The van der Waals surface area contributed by atoms with E-state index in [9.17, 15) is 19.4 Å². The highest BCUT2D eigenvalue weighted by atomic mass is 31.2. The number of aliphatic hydroxyl groups excluding tert-OH is 1. The van der Waals surface area contributed by atoms with Gasteiger partial charge in [-0.1, -0.05) is 192 Å². The largest absolute Gasteiger partial charge is 0.472 e. The van der Waals surface area contributed by atoms with Crippen LogP contribution in [-0.2, 0) is 18.4 Å². The van der Waals surface area contributed by atoms with Crippen LogP contribution in [-0.4, -0.2) is 73.4 Å². The lowest BCUT2D eigenvalue weighted by Gasteiger charge is -2.25. The Morgan fingerprint density at radius 3 is 1.38 bits per heavy atom. The number of allylic oxidation sites excluding steroid dienone is 3. The summed E-state index contributed by atoms with van der Waals surface area (Å²) in [6.45, 7) is 4.82. The smallest absolute Gasteiger partial charge is 0.387 e. The molecule has 3 N–H and O–H groups in total. The minimum Gasteiger partial charge on any atom is -0.387 e. The Labute approximate surface area is 347 Å². The molecule has 3 atom stereocenters. The van der Waals surface area contributed by atoms with E-state index in [1.54, 1.807) is 6.08 Å². The summed E-state index contributed by atoms with van der Waals surface area (Å²) in [5, 5.41) is 13.8. The van der Waals surface area contributed by atoms with E-state index in [1.165, 1.54) is 161 Å². The molecular weight excluding hydrogens is 719 g/mol. The van der Waals surface area contributed by atoms with Crippen LogP contribution in [0.5, 0.6) is 0 Å². The van der Waals surface area contributed by atoms with Gasteiger partial charge in [0.25, 0.3) is 0 Å². The zero-order valence-corrected chi connectivity index (χ0v) is 38.5. The molecule has 56 heavy (non-hydrogen) atoms. The van der Waals surface area contributed by atoms with E-state index >= 15 is 0 Å². The third-order valence-electron chi connectivity index (χ3n) is 10.7. The number of nitrogens with zero attached hydrogens (tertiary/aromatic N) is 1. The zero-order chi connectivity index (χ0) is 41.4. The normalized spacial score (nSPS) is 14.5. The molecule has 0 rings (SSSR count). The molecule has 0 heterocycles. The molecule has 0 aliphatic rings. The quantitative estimate of drug-likeness (QED) is 0.0245. The first kappa shape index (κ1) is 55.0. The second kappa shape index (κ2) is 39.4. The number of unbranched alkanes of at least 4 members (excludes halogenated alkanes) is 28. The van der Waals surface area contributed by atoms with Crippen molar-refractivity contribution in [2.75, 3.05) is 40.9 Å². The summed E-state index contributed by atoms with van der Waals surface area (Å²) < 4.78 is 23.6. The van der Waals surface area contributed by atoms with Gasteiger partial charge in [-0.15, -0.1) is 0 Å². The maximum atomic E-state index is 12.9. The van der Waals surface area contributed by atoms with Gasteiger partial charge in [-0.3, -0.25) is 13.8 Å². The summed E-state index contributed by atoms with van der Waals surface area (Å²) in [5.74, 6) is -0.181. The van der Waals surface area contributed by atoms with Crippen molar-refractivity contribution in [3.8, 4) is 0 Å². The first-order valence-electron chi connectivity index (χ1n) is 23.7. The number of carbonyl (C=O) groups excluding carboxylic acids is 1. The van der Waals surface area contributed by atoms with Gasteiger partial charge in [0.05, 0.1) is 39.9 Å². The molecule has 0 bridgehead atoms. The number of amides is 1. The number of hydrogen-bond donors (Lipinski definition) is 3. The molecule has 0 aliphatic carbocycles. The second-order valence-electron chi connectivity index (χ2n) is 17.5. The van der Waals surface area contributed by atoms with Gasteiger partial charge in [-0.2, -0.15) is 0 Å². The van der Waals surface area contributed by atoms with Gasteiger partial charge in [0.2, 0.25) is 5.91 Å². The number of phosphoric acid groups is 1. The predicted octanol–water partition coefficient (Wildman–Crippen LogP) is 13.3. The van der Waals surface area contributed by atoms with Gasteiger partial charge in [-0.25, -0.2) is 4.57 Å². The Morgan fingerprint density at radius 2 is 0.964 bits per heavy atom. The van der Waals surface area contributed by atoms with Crippen LogP contribution in [0, 0.1) is 0 Å². The number of likely N-dealkylation sites (N-methyl/N-ethyl adjacent to an activating group) is 1. The van der Waals surface area contributed by atoms with E-state index < -0.39 is 20.0 Å². The molecule has 0 aromatic rings. The molecule has 0 saturated carbocycles. The summed E-state index contributed by atoms with van der Waals surface area (Å²) in [6.07, 6.45) is 46.7. The average Bonchev–Trinajstić information content (AvgIpc) is 3.15. The molecule has 0 aliphatic heterocycles. The fraction of sp³-hybridized carbons (Fsp3) is 0.894. The zero-order valence-electron chi connectivity index (χ0n) is 37.6. The van der Waals surface area contributed by atoms with Gasteiger partial charge in [0.15, 0.2) is 0 Å². The Kier molecular flexibility index (Phi) is 38.7. The van der Waals surface area contributed by atoms with Gasteiger partial charge >= 0.3 is 7.82 Å². The van der Waals surface area contributed by atoms with Crippen LogP contribution in [0.1, 0.15) is 219 Å². The monoisotopic (exact) mass is 814 g/mol. The molecule has 0 saturated heterocycles. The number of rotatable bonds is 43. The maximum absolute atomic E-state index is 12.9. The fourth-order valence-corrected chi connectivity index (χ4v) is 7.60. The van der Waals surface area contributed by atoms with E-state index in [0.717, 1.165) is 38.5 Å². The molecule has 0 aromatic carbocycles. The fourth-order valence-electron chi connectivity index (χ4n) is 6.86. The van der Waals surface area contributed by atoms with Crippen molar-refractivity contribution in [3.63, 3.8) is 0 Å². The summed E-state index contributed by atoms with van der Waals surface area (Å²) in [4.78, 5) is 23.1. The topological polar surface area (TPSA) is 105 Å². The standard InChI is InChI=1S/C47H93N2O6P/c1-6-8-10-12-14-16-18-20-22-24-25-27-29-31-33-35-37-39-41-47(51)48-45(44-55-56(52,53)54-43-42-49(3,4)5)46(50)40-38-36-34-32-30-28-26-23-21-19-17-15-13-11-9-7-2/h22,24,38,40,45-46,50H,6-21,23,25-37,39,41-44H2,1-5H3,(H-,48,51,52,53)/p+1/b24-22-,40-38+. The molecule has 3 unspecified atom stereocenters. The second-order valence-corrected chi connectivity index (χ2v) is 18.9. The first-order valence-corrected chi connectivity index (χ1v) is 25.2. The van der Waals surface area contributed by atoms with E-state index in [4.69, 9.17) is 9.05 Å². The SMILES string of the molecule is CCCCCCCCC/C=C\CCCCCCCCCC(=O)NC(COP(=O)(O)OCC[N+](C)(C)C)C(O)/C=C/CCCCCCCCCCCCCCCC. The van der Waals surface area contributed by atoms with Crippen molar-refractivity contribution in [2.24, 2.45) is 0 Å². The van der Waals surface area contributed by atoms with Crippen LogP contribution < -0.4 is 5.32 Å². The predicted molar refractivity (Wildman–Crippen MR) is 240 cm³/mol. The third-order valence-corrected chi connectivity index (χ3v) is 11.6. The van der Waals surface area contributed by atoms with E-state index in [1.807, 2.05) is 27.2 Å². The lowest BCUT2D eigenvalue weighted by molar-refractivity contribution is -0.870. The molecule has 9 heteroatoms. The molecule has 332 valence electrons. The van der Waals surface area contributed by atoms with Crippen molar-refractivity contribution in [2.45, 2.75) is 231 Å². The Hall–Kier alpha value is -1.02. The van der Waals surface area contributed by atoms with Crippen molar-refractivity contribution in [1.29, 1.82) is 0 Å². The minimum atomic E-state index is -4.34. The number of quaternary nitrogens is 1. The Bertz CT molecular complexity index is 969. The van der Waals surface area contributed by atoms with Crippen LogP contribution in [0.25, 0.3) is 0 Å². The van der Waals surface area contributed by atoms with Crippen LogP contribution in [0.3, 0.4) is 0 Å². The highest BCUT2D eigenvalue weighted by Gasteiger charge is 2.27. The molecule has 0 radical (unpaired) electrons. The van der Waals surface area contributed by atoms with Crippen LogP contribution in [0.15, 0.2) is 24.3 Å². The van der Waals surface area contributed by atoms with Crippen LogP contribution >= 0.6 is 7.82 Å². The average molecular weight is 814 g/mol. The van der Waals surface area contributed by atoms with Crippen LogP contribution in [0.4, 0.5) is 0 Å². The number of aliphatic hydroxyl groups is 1. The number of nitrogens with one attached hydrogen (secondary N) is 1. The first-order chi connectivity index (χ1) is 27.0. The summed E-state index contributed by atoms with van der Waals surface area (Å²) in [5.41, 5.74) is 0. The Balaban J connectivity index is 4.38. The maximum Gasteiger partial charge on any atom is 0.472 e. The highest BCUT2D eigenvalue weighted by molar-refractivity contribution is 7.47. The van der Waals surface area contributed by atoms with Gasteiger partial charge in [0.1, 0.15) is 13.2 Å². The van der Waals surface area contributed by atoms with Gasteiger partial charge < -0.3 is 19.8 Å². The van der Waals surface area contributed by atoms with Crippen molar-refractivity contribution in [1.82, 2.24) is 5.32 Å². The van der Waals surface area contributed by atoms with Gasteiger partial charge in [0, 0.05) is 6.42 Å². The van der Waals surface area contributed by atoms with Crippen molar-refractivity contribution in [3.05, 3.63) is 24.3 Å².